The molecule has 2 amide bonds. The van der Waals surface area contributed by atoms with E-state index in [1.54, 1.807) is 16.2 Å². The third kappa shape index (κ3) is 2.96. The maximum atomic E-state index is 12.1. The topological polar surface area (TPSA) is 54.5 Å². The summed E-state index contributed by atoms with van der Waals surface area (Å²) in [6, 6.07) is -0.0568. The minimum atomic E-state index is -0.0568. The largest absolute Gasteiger partial charge is 0.378 e. The molecule has 2 heterocycles. The molecule has 0 radical (unpaired) electrons. The highest BCUT2D eigenvalue weighted by Gasteiger charge is 2.28. The number of rotatable bonds is 1. The van der Waals surface area contributed by atoms with Gasteiger partial charge in [0.1, 0.15) is 0 Å². The van der Waals surface area contributed by atoms with Crippen molar-refractivity contribution in [1.29, 1.82) is 0 Å². The Bertz CT molecular complexity index is 507. The molecule has 20 heavy (non-hydrogen) atoms. The number of amides is 2. The first-order chi connectivity index (χ1) is 9.53. The summed E-state index contributed by atoms with van der Waals surface area (Å²) in [5, 5.41) is 3.68. The average molecular weight is 295 g/mol. The molecule has 1 fully saturated rings. The van der Waals surface area contributed by atoms with Crippen LogP contribution in [-0.2, 0) is 17.6 Å². The van der Waals surface area contributed by atoms with Gasteiger partial charge in [-0.15, -0.1) is 11.3 Å². The maximum absolute atomic E-state index is 12.1. The van der Waals surface area contributed by atoms with E-state index in [0.717, 1.165) is 18.0 Å². The monoisotopic (exact) mass is 295 g/mol. The van der Waals surface area contributed by atoms with Gasteiger partial charge in [0, 0.05) is 18.0 Å². The van der Waals surface area contributed by atoms with Crippen LogP contribution in [0.25, 0.3) is 0 Å². The van der Waals surface area contributed by atoms with Crippen molar-refractivity contribution in [2.75, 3.05) is 31.6 Å². The number of fused-ring (bicyclic) bond motifs is 1. The van der Waals surface area contributed by atoms with Gasteiger partial charge < -0.3 is 9.64 Å². The SMILES string of the molecule is CC1(C)CCc2nc(NC(=O)N3CCOCC3)sc2C1. The van der Waals surface area contributed by atoms with Crippen molar-refractivity contribution >= 4 is 22.5 Å². The zero-order chi connectivity index (χ0) is 14.2. The molecular formula is C14H21N3O2S. The Balaban J connectivity index is 1.66. The van der Waals surface area contributed by atoms with Crippen LogP contribution in [-0.4, -0.2) is 42.2 Å². The predicted molar refractivity (Wildman–Crippen MR) is 79.3 cm³/mol. The summed E-state index contributed by atoms with van der Waals surface area (Å²) in [6.07, 6.45) is 3.25. The van der Waals surface area contributed by atoms with Crippen molar-refractivity contribution in [3.05, 3.63) is 10.6 Å². The minimum Gasteiger partial charge on any atom is -0.378 e. The van der Waals surface area contributed by atoms with Gasteiger partial charge >= 0.3 is 6.03 Å². The van der Waals surface area contributed by atoms with Crippen molar-refractivity contribution in [2.45, 2.75) is 33.1 Å². The summed E-state index contributed by atoms with van der Waals surface area (Å²) in [5.41, 5.74) is 1.52. The van der Waals surface area contributed by atoms with Gasteiger partial charge in [0.15, 0.2) is 5.13 Å². The lowest BCUT2D eigenvalue weighted by atomic mass is 9.79. The Morgan fingerprint density at radius 1 is 1.40 bits per heavy atom. The van der Waals surface area contributed by atoms with E-state index in [1.165, 1.54) is 17.0 Å². The lowest BCUT2D eigenvalue weighted by molar-refractivity contribution is 0.0564. The summed E-state index contributed by atoms with van der Waals surface area (Å²) in [7, 11) is 0. The molecule has 1 saturated heterocycles. The summed E-state index contributed by atoms with van der Waals surface area (Å²) < 4.78 is 5.25. The molecule has 0 atom stereocenters. The summed E-state index contributed by atoms with van der Waals surface area (Å²) >= 11 is 1.63. The molecule has 1 N–H and O–H groups in total. The van der Waals surface area contributed by atoms with Gasteiger partial charge in [-0.05, 0) is 24.7 Å². The van der Waals surface area contributed by atoms with Gasteiger partial charge in [-0.2, -0.15) is 0 Å². The zero-order valence-corrected chi connectivity index (χ0v) is 12.9. The fourth-order valence-electron chi connectivity index (χ4n) is 2.69. The van der Waals surface area contributed by atoms with Gasteiger partial charge in [0.05, 0.1) is 18.9 Å². The molecule has 0 unspecified atom stereocenters. The van der Waals surface area contributed by atoms with Crippen LogP contribution in [0.3, 0.4) is 0 Å². The number of aromatic nitrogens is 1. The second-order valence-corrected chi connectivity index (χ2v) is 7.34. The van der Waals surface area contributed by atoms with Crippen molar-refractivity contribution in [1.82, 2.24) is 9.88 Å². The van der Waals surface area contributed by atoms with Crippen molar-refractivity contribution in [3.63, 3.8) is 0 Å². The third-order valence-electron chi connectivity index (χ3n) is 3.97. The second-order valence-electron chi connectivity index (χ2n) is 6.26. The van der Waals surface area contributed by atoms with Crippen molar-refractivity contribution < 1.29 is 9.53 Å². The number of nitrogens with one attached hydrogen (secondary N) is 1. The molecule has 1 aliphatic heterocycles. The molecule has 6 heteroatoms. The minimum absolute atomic E-state index is 0.0568. The second kappa shape index (κ2) is 5.33. The Kier molecular flexibility index (Phi) is 3.69. The Labute approximate surface area is 123 Å². The van der Waals surface area contributed by atoms with Crippen molar-refractivity contribution in [3.8, 4) is 0 Å². The van der Waals surface area contributed by atoms with Gasteiger partial charge in [-0.3, -0.25) is 5.32 Å². The predicted octanol–water partition coefficient (Wildman–Crippen LogP) is 2.52. The summed E-state index contributed by atoms with van der Waals surface area (Å²) in [5.74, 6) is 0. The van der Waals surface area contributed by atoms with Gasteiger partial charge in [-0.25, -0.2) is 9.78 Å². The van der Waals surface area contributed by atoms with E-state index in [0.29, 0.717) is 31.7 Å². The molecule has 1 aliphatic carbocycles. The maximum Gasteiger partial charge on any atom is 0.323 e. The van der Waals surface area contributed by atoms with Gasteiger partial charge in [0.25, 0.3) is 0 Å². The van der Waals surface area contributed by atoms with Crippen LogP contribution in [0.1, 0.15) is 30.8 Å². The first-order valence-electron chi connectivity index (χ1n) is 7.16. The highest BCUT2D eigenvalue weighted by molar-refractivity contribution is 7.15. The number of carbonyl (C=O) groups is 1. The van der Waals surface area contributed by atoms with Gasteiger partial charge in [0.2, 0.25) is 0 Å². The quantitative estimate of drug-likeness (QED) is 0.866. The van der Waals surface area contributed by atoms with E-state index in [1.807, 2.05) is 0 Å². The van der Waals surface area contributed by atoms with E-state index in [9.17, 15) is 4.79 Å². The van der Waals surface area contributed by atoms with E-state index in [2.05, 4.69) is 24.1 Å². The number of morpholine rings is 1. The molecule has 1 aromatic heterocycles. The normalized spacial score (nSPS) is 21.4. The average Bonchev–Trinajstić information content (AvgIpc) is 2.79. The number of thiazole rings is 1. The number of ether oxygens (including phenoxy) is 1. The summed E-state index contributed by atoms with van der Waals surface area (Å²) in [4.78, 5) is 19.8. The lowest BCUT2D eigenvalue weighted by Crippen LogP contribution is -2.43. The van der Waals surface area contributed by atoms with Crippen LogP contribution >= 0.6 is 11.3 Å². The molecule has 110 valence electrons. The third-order valence-corrected chi connectivity index (χ3v) is 4.98. The Morgan fingerprint density at radius 2 is 2.15 bits per heavy atom. The number of urea groups is 1. The van der Waals surface area contributed by atoms with E-state index < -0.39 is 0 Å². The summed E-state index contributed by atoms with van der Waals surface area (Å²) in [6.45, 7) is 7.14. The number of aryl methyl sites for hydroxylation is 1. The standard InChI is InChI=1S/C14H21N3O2S/c1-14(2)4-3-10-11(9-14)20-12(15-10)16-13(18)17-5-7-19-8-6-17/h3-9H2,1-2H3,(H,15,16,18). The molecule has 0 aromatic carbocycles. The number of nitrogens with zero attached hydrogens (tertiary/aromatic N) is 2. The van der Waals surface area contributed by atoms with Gasteiger partial charge in [-0.1, -0.05) is 13.8 Å². The smallest absolute Gasteiger partial charge is 0.323 e. The lowest BCUT2D eigenvalue weighted by Gasteiger charge is -2.28. The van der Waals surface area contributed by atoms with Crippen LogP contribution in [0.5, 0.6) is 0 Å². The molecule has 5 nitrogen and oxygen atoms in total. The number of anilines is 1. The molecule has 3 rings (SSSR count). The number of hydrogen-bond donors (Lipinski definition) is 1. The van der Waals surface area contributed by atoms with E-state index in [4.69, 9.17) is 4.74 Å². The zero-order valence-electron chi connectivity index (χ0n) is 12.1. The highest BCUT2D eigenvalue weighted by atomic mass is 32.1. The molecule has 0 bridgehead atoms. The van der Waals surface area contributed by atoms with Crippen LogP contribution < -0.4 is 5.32 Å². The van der Waals surface area contributed by atoms with Crippen LogP contribution in [0.2, 0.25) is 0 Å². The van der Waals surface area contributed by atoms with E-state index >= 15 is 0 Å². The van der Waals surface area contributed by atoms with Crippen LogP contribution in [0, 0.1) is 5.41 Å². The van der Waals surface area contributed by atoms with E-state index in [-0.39, 0.29) is 6.03 Å². The first kappa shape index (κ1) is 13.8. The number of carbonyl (C=O) groups excluding carboxylic acids is 1. The highest BCUT2D eigenvalue weighted by Crippen LogP contribution is 2.38. The number of hydrogen-bond acceptors (Lipinski definition) is 4. The molecule has 0 spiro atoms. The Morgan fingerprint density at radius 3 is 2.90 bits per heavy atom. The molecule has 0 saturated carbocycles. The fourth-order valence-corrected chi connectivity index (χ4v) is 3.94. The Hall–Kier alpha value is -1.14. The van der Waals surface area contributed by atoms with Crippen LogP contribution in [0.15, 0.2) is 0 Å². The van der Waals surface area contributed by atoms with Crippen molar-refractivity contribution in [2.24, 2.45) is 5.41 Å². The molecular weight excluding hydrogens is 274 g/mol. The fraction of sp³-hybridized carbons (Fsp3) is 0.714. The van der Waals surface area contributed by atoms with Crippen LogP contribution in [0.4, 0.5) is 9.93 Å². The first-order valence-corrected chi connectivity index (χ1v) is 7.97. The molecule has 2 aliphatic rings. The molecule has 1 aromatic rings.